The third-order valence-corrected chi connectivity index (χ3v) is 6.31. The summed E-state index contributed by atoms with van der Waals surface area (Å²) >= 11 is 0. The maximum atomic E-state index is 13.2. The van der Waals surface area contributed by atoms with E-state index < -0.39 is 0 Å². The van der Waals surface area contributed by atoms with E-state index >= 15 is 0 Å². The molecular formula is C26H25NO4. The zero-order valence-electron chi connectivity index (χ0n) is 18.0. The molecule has 5 heteroatoms. The minimum absolute atomic E-state index is 0.200. The first-order valence-corrected chi connectivity index (χ1v) is 10.5. The number of nitrogens with one attached hydrogen (secondary N) is 1. The number of anilines is 1. The topological polar surface area (TPSA) is 56.8 Å². The van der Waals surface area contributed by atoms with Gasteiger partial charge in [-0.25, -0.2) is 0 Å². The highest BCUT2D eigenvalue weighted by Gasteiger charge is 2.37. The zero-order valence-corrected chi connectivity index (χ0v) is 18.0. The SMILES string of the molecule is COc1cc([C@H]2C3=C(CCCC3=O)Nc3ccc4ccccc4c32)cc(OC)c1OC. The largest absolute Gasteiger partial charge is 0.493 e. The van der Waals surface area contributed by atoms with Crippen LogP contribution in [0.1, 0.15) is 36.3 Å². The number of ketones is 1. The van der Waals surface area contributed by atoms with Crippen LogP contribution in [0.15, 0.2) is 59.8 Å². The van der Waals surface area contributed by atoms with Crippen molar-refractivity contribution in [1.82, 2.24) is 0 Å². The van der Waals surface area contributed by atoms with E-state index in [0.717, 1.165) is 51.7 Å². The average molecular weight is 415 g/mol. The number of ether oxygens (including phenoxy) is 3. The van der Waals surface area contributed by atoms with Gasteiger partial charge in [0.25, 0.3) is 0 Å². The van der Waals surface area contributed by atoms with Gasteiger partial charge in [-0.3, -0.25) is 4.79 Å². The van der Waals surface area contributed by atoms with Crippen LogP contribution in [-0.2, 0) is 4.79 Å². The Labute approximate surface area is 181 Å². The molecule has 3 aromatic carbocycles. The molecule has 158 valence electrons. The Bertz CT molecular complexity index is 1200. The second-order valence-corrected chi connectivity index (χ2v) is 7.93. The van der Waals surface area contributed by atoms with Gasteiger partial charge in [0, 0.05) is 29.3 Å². The first-order chi connectivity index (χ1) is 15.2. The van der Waals surface area contributed by atoms with Gasteiger partial charge in [-0.05, 0) is 52.9 Å². The summed E-state index contributed by atoms with van der Waals surface area (Å²) in [4.78, 5) is 13.2. The summed E-state index contributed by atoms with van der Waals surface area (Å²) in [7, 11) is 4.82. The van der Waals surface area contributed by atoms with E-state index in [0.29, 0.717) is 23.7 Å². The highest BCUT2D eigenvalue weighted by Crippen LogP contribution is 2.50. The minimum atomic E-state index is -0.209. The number of rotatable bonds is 4. The molecule has 0 spiro atoms. The monoisotopic (exact) mass is 415 g/mol. The smallest absolute Gasteiger partial charge is 0.203 e. The second-order valence-electron chi connectivity index (χ2n) is 7.93. The fourth-order valence-corrected chi connectivity index (χ4v) is 4.95. The van der Waals surface area contributed by atoms with E-state index in [4.69, 9.17) is 14.2 Å². The standard InChI is InChI=1S/C26H25NO4/c1-29-21-13-16(14-22(30-2)26(21)31-3)23-24-17-8-5-4-7-15(17)11-12-19(24)27-18-9-6-10-20(28)25(18)23/h4-5,7-8,11-14,23,27H,6,9-10H2,1-3H3/t23-/m1/s1. The van der Waals surface area contributed by atoms with Crippen molar-refractivity contribution >= 4 is 22.2 Å². The Balaban J connectivity index is 1.83. The maximum Gasteiger partial charge on any atom is 0.203 e. The van der Waals surface area contributed by atoms with Crippen molar-refractivity contribution in [1.29, 1.82) is 0 Å². The Hall–Kier alpha value is -3.47. The van der Waals surface area contributed by atoms with E-state index in [2.05, 4.69) is 29.6 Å². The second kappa shape index (κ2) is 7.65. The molecule has 31 heavy (non-hydrogen) atoms. The molecule has 1 N–H and O–H groups in total. The van der Waals surface area contributed by atoms with Gasteiger partial charge in [0.1, 0.15) is 0 Å². The molecule has 5 rings (SSSR count). The quantitative estimate of drug-likeness (QED) is 0.616. The van der Waals surface area contributed by atoms with Gasteiger partial charge in [-0.1, -0.05) is 30.3 Å². The number of allylic oxidation sites excluding steroid dienone is 2. The molecule has 0 bridgehead atoms. The van der Waals surface area contributed by atoms with Gasteiger partial charge in [0.15, 0.2) is 17.3 Å². The molecule has 0 fully saturated rings. The van der Waals surface area contributed by atoms with Crippen LogP contribution in [0, 0.1) is 0 Å². The first kappa shape index (κ1) is 19.5. The molecule has 1 aliphatic carbocycles. The van der Waals surface area contributed by atoms with Crippen LogP contribution in [-0.4, -0.2) is 27.1 Å². The molecule has 0 radical (unpaired) electrons. The van der Waals surface area contributed by atoms with Crippen molar-refractivity contribution in [3.8, 4) is 17.2 Å². The van der Waals surface area contributed by atoms with Crippen LogP contribution < -0.4 is 19.5 Å². The maximum absolute atomic E-state index is 13.2. The van der Waals surface area contributed by atoms with Crippen molar-refractivity contribution in [3.05, 3.63) is 70.9 Å². The Kier molecular flexibility index (Phi) is 4.81. The lowest BCUT2D eigenvalue weighted by atomic mass is 9.74. The fourth-order valence-electron chi connectivity index (χ4n) is 4.95. The molecule has 1 heterocycles. The van der Waals surface area contributed by atoms with Crippen LogP contribution >= 0.6 is 0 Å². The number of hydrogen-bond acceptors (Lipinski definition) is 5. The van der Waals surface area contributed by atoms with E-state index in [1.54, 1.807) is 21.3 Å². The average Bonchev–Trinajstić information content (AvgIpc) is 2.81. The van der Waals surface area contributed by atoms with Crippen molar-refractivity contribution in [2.24, 2.45) is 0 Å². The number of benzene rings is 3. The molecule has 5 nitrogen and oxygen atoms in total. The number of carbonyl (C=O) groups excluding carboxylic acids is 1. The van der Waals surface area contributed by atoms with Gasteiger partial charge in [-0.15, -0.1) is 0 Å². The van der Waals surface area contributed by atoms with Gasteiger partial charge >= 0.3 is 0 Å². The number of hydrogen-bond donors (Lipinski definition) is 1. The van der Waals surface area contributed by atoms with Gasteiger partial charge in [0.05, 0.1) is 21.3 Å². The summed E-state index contributed by atoms with van der Waals surface area (Å²) in [6, 6.07) is 16.5. The number of fused-ring (bicyclic) bond motifs is 3. The molecule has 2 aliphatic rings. The first-order valence-electron chi connectivity index (χ1n) is 10.5. The lowest BCUT2D eigenvalue weighted by Crippen LogP contribution is -2.27. The molecule has 3 aromatic rings. The summed E-state index contributed by atoms with van der Waals surface area (Å²) in [5.74, 6) is 1.71. The lowest BCUT2D eigenvalue weighted by Gasteiger charge is -2.35. The van der Waals surface area contributed by atoms with Crippen LogP contribution in [0.2, 0.25) is 0 Å². The molecule has 0 unspecified atom stereocenters. The van der Waals surface area contributed by atoms with Crippen LogP contribution in [0.4, 0.5) is 5.69 Å². The van der Waals surface area contributed by atoms with Crippen molar-refractivity contribution in [3.63, 3.8) is 0 Å². The number of carbonyl (C=O) groups is 1. The van der Waals surface area contributed by atoms with Crippen molar-refractivity contribution in [2.75, 3.05) is 26.6 Å². The predicted molar refractivity (Wildman–Crippen MR) is 121 cm³/mol. The molecule has 0 saturated heterocycles. The zero-order chi connectivity index (χ0) is 21.5. The van der Waals surface area contributed by atoms with Gasteiger partial charge in [-0.2, -0.15) is 0 Å². The highest BCUT2D eigenvalue weighted by atomic mass is 16.5. The molecule has 1 aliphatic heterocycles. The summed E-state index contributed by atoms with van der Waals surface area (Å²) in [6.45, 7) is 0. The van der Waals surface area contributed by atoms with E-state index in [9.17, 15) is 4.79 Å². The summed E-state index contributed by atoms with van der Waals surface area (Å²) < 4.78 is 16.8. The van der Waals surface area contributed by atoms with Gasteiger partial charge in [0.2, 0.25) is 5.75 Å². The number of methoxy groups -OCH3 is 3. The van der Waals surface area contributed by atoms with E-state index in [1.165, 1.54) is 0 Å². The Morgan fingerprint density at radius 1 is 0.903 bits per heavy atom. The molecule has 0 saturated carbocycles. The fraction of sp³-hybridized carbons (Fsp3) is 0.269. The molecule has 0 aromatic heterocycles. The molecular weight excluding hydrogens is 390 g/mol. The lowest BCUT2D eigenvalue weighted by molar-refractivity contribution is -0.116. The van der Waals surface area contributed by atoms with Crippen molar-refractivity contribution < 1.29 is 19.0 Å². The third kappa shape index (κ3) is 3.03. The van der Waals surface area contributed by atoms with E-state index in [-0.39, 0.29) is 11.7 Å². The van der Waals surface area contributed by atoms with Crippen LogP contribution in [0.3, 0.4) is 0 Å². The Morgan fingerprint density at radius 3 is 2.35 bits per heavy atom. The number of Topliss-reactive ketones (excluding diaryl/α,β-unsaturated/α-hetero) is 1. The Morgan fingerprint density at radius 2 is 1.65 bits per heavy atom. The predicted octanol–water partition coefficient (Wildman–Crippen LogP) is 5.43. The summed E-state index contributed by atoms with van der Waals surface area (Å²) in [6.07, 6.45) is 2.31. The highest BCUT2D eigenvalue weighted by molar-refractivity contribution is 6.04. The van der Waals surface area contributed by atoms with Crippen LogP contribution in [0.25, 0.3) is 10.8 Å². The minimum Gasteiger partial charge on any atom is -0.493 e. The van der Waals surface area contributed by atoms with Crippen molar-refractivity contribution in [2.45, 2.75) is 25.2 Å². The summed E-state index contributed by atoms with van der Waals surface area (Å²) in [5.41, 5.74) is 4.99. The normalized spacial score (nSPS) is 17.6. The summed E-state index contributed by atoms with van der Waals surface area (Å²) in [5, 5.41) is 5.85. The van der Waals surface area contributed by atoms with Crippen LogP contribution in [0.5, 0.6) is 17.2 Å². The van der Waals surface area contributed by atoms with Gasteiger partial charge < -0.3 is 19.5 Å². The molecule has 1 atom stereocenters. The van der Waals surface area contributed by atoms with E-state index in [1.807, 2.05) is 24.3 Å². The third-order valence-electron chi connectivity index (χ3n) is 6.31. The molecule has 0 amide bonds.